The molecule has 5 atom stereocenters. The summed E-state index contributed by atoms with van der Waals surface area (Å²) in [5.74, 6) is -0.985. The van der Waals surface area contributed by atoms with Gasteiger partial charge in [-0.3, -0.25) is 14.4 Å². The molecule has 3 aliphatic rings. The molecule has 0 bridgehead atoms. The molecule has 0 radical (unpaired) electrons. The summed E-state index contributed by atoms with van der Waals surface area (Å²) in [4.78, 5) is 45.4. The van der Waals surface area contributed by atoms with Gasteiger partial charge in [0.05, 0.1) is 44.5 Å². The predicted octanol–water partition coefficient (Wildman–Crippen LogP) is 6.19. The van der Waals surface area contributed by atoms with Gasteiger partial charge in [-0.25, -0.2) is 0 Å². The van der Waals surface area contributed by atoms with Gasteiger partial charge in [0.1, 0.15) is 5.75 Å². The molecule has 0 saturated carbocycles. The van der Waals surface area contributed by atoms with E-state index in [0.29, 0.717) is 46.9 Å². The average molecular weight is 737 g/mol. The van der Waals surface area contributed by atoms with E-state index in [1.807, 2.05) is 49.4 Å². The normalized spacial score (nSPS) is 23.5. The summed E-state index contributed by atoms with van der Waals surface area (Å²) < 4.78 is 29.0. The minimum absolute atomic E-state index is 0.127. The minimum Gasteiger partial charge on any atom is -0.497 e. The summed E-state index contributed by atoms with van der Waals surface area (Å²) in [5.41, 5.74) is 9.12. The molecule has 276 valence electrons. The lowest BCUT2D eigenvalue weighted by Gasteiger charge is -2.37. The average Bonchev–Trinajstić information content (AvgIpc) is 3.56. The van der Waals surface area contributed by atoms with Crippen molar-refractivity contribution in [2.45, 2.75) is 69.2 Å². The summed E-state index contributed by atoms with van der Waals surface area (Å²) in [6, 6.07) is 26.7. The quantitative estimate of drug-likeness (QED) is 0.106. The molecule has 0 aliphatic carbocycles. The van der Waals surface area contributed by atoms with Crippen molar-refractivity contribution in [2.24, 2.45) is 5.92 Å². The Morgan fingerprint density at radius 2 is 1.77 bits per heavy atom. The molecule has 4 aromatic rings. The molecule has 0 unspecified atom stereocenters. The lowest BCUT2D eigenvalue weighted by molar-refractivity contribution is -0.151. The van der Waals surface area contributed by atoms with Crippen LogP contribution >= 0.6 is 0 Å². The van der Waals surface area contributed by atoms with Gasteiger partial charge in [-0.15, -0.1) is 0 Å². The van der Waals surface area contributed by atoms with Gasteiger partial charge in [-0.2, -0.15) is 0 Å². The van der Waals surface area contributed by atoms with E-state index < -0.39 is 37.6 Å². The SMILES string of the molecule is COc1ccc2c(c1)[C@@]1(O[C@H](CC(=O)N3Cc4ccccc4C[C@H]3CO)[C@@H]([Si](C)(C)F)[C@@H]1C)C(=O)N2Cc1cccc(NC(=O)c2ccc(N)cc2)c1. The van der Waals surface area contributed by atoms with Gasteiger partial charge in [0.15, 0.2) is 5.60 Å². The molecule has 1 saturated heterocycles. The topological polar surface area (TPSA) is 134 Å². The van der Waals surface area contributed by atoms with Crippen LogP contribution in [0.4, 0.5) is 21.2 Å². The predicted molar refractivity (Wildman–Crippen MR) is 204 cm³/mol. The Labute approximate surface area is 309 Å². The van der Waals surface area contributed by atoms with Gasteiger partial charge in [-0.1, -0.05) is 43.3 Å². The van der Waals surface area contributed by atoms with Crippen molar-refractivity contribution in [1.29, 1.82) is 0 Å². The van der Waals surface area contributed by atoms with Crippen molar-refractivity contribution in [3.63, 3.8) is 0 Å². The van der Waals surface area contributed by atoms with Gasteiger partial charge in [0.2, 0.25) is 14.3 Å². The Morgan fingerprint density at radius 3 is 2.47 bits per heavy atom. The molecule has 12 heteroatoms. The van der Waals surface area contributed by atoms with Crippen LogP contribution in [0.3, 0.4) is 0 Å². The van der Waals surface area contributed by atoms with E-state index in [-0.39, 0.29) is 37.3 Å². The number of rotatable bonds is 9. The molecule has 3 aliphatic heterocycles. The molecule has 4 aromatic carbocycles. The molecule has 4 N–H and O–H groups in total. The zero-order valence-electron chi connectivity index (χ0n) is 30.3. The van der Waals surface area contributed by atoms with E-state index in [2.05, 4.69) is 5.32 Å². The van der Waals surface area contributed by atoms with Crippen LogP contribution in [0.2, 0.25) is 18.6 Å². The first kappa shape index (κ1) is 36.3. The molecule has 3 heterocycles. The highest BCUT2D eigenvalue weighted by atomic mass is 28.4. The van der Waals surface area contributed by atoms with E-state index in [0.717, 1.165) is 16.7 Å². The van der Waals surface area contributed by atoms with Gasteiger partial charge in [-0.05, 0) is 90.8 Å². The summed E-state index contributed by atoms with van der Waals surface area (Å²) in [6.07, 6.45) is -0.488. The zero-order valence-corrected chi connectivity index (χ0v) is 31.3. The van der Waals surface area contributed by atoms with Gasteiger partial charge < -0.3 is 39.5 Å². The minimum atomic E-state index is -3.56. The Balaban J connectivity index is 1.19. The summed E-state index contributed by atoms with van der Waals surface area (Å²) >= 11 is 0. The molecule has 3 amide bonds. The lowest BCUT2D eigenvalue weighted by atomic mass is 9.82. The molecule has 0 aromatic heterocycles. The molecular formula is C41H45FN4O6Si. The number of aliphatic hydroxyl groups is 1. The van der Waals surface area contributed by atoms with Crippen molar-refractivity contribution in [3.05, 3.63) is 119 Å². The van der Waals surface area contributed by atoms with Gasteiger partial charge in [0.25, 0.3) is 11.8 Å². The first-order valence-electron chi connectivity index (χ1n) is 17.9. The number of nitrogens with zero attached hydrogens (tertiary/aromatic N) is 2. The number of carbonyl (C=O) groups excluding carboxylic acids is 3. The second-order valence-electron chi connectivity index (χ2n) is 14.9. The maximum Gasteiger partial charge on any atom is 0.264 e. The molecule has 7 rings (SSSR count). The largest absolute Gasteiger partial charge is 0.497 e. The van der Waals surface area contributed by atoms with Crippen LogP contribution in [0.1, 0.15) is 46.0 Å². The third-order valence-corrected chi connectivity index (χ3v) is 13.6. The maximum atomic E-state index is 16.6. The summed E-state index contributed by atoms with van der Waals surface area (Å²) in [7, 11) is -2.02. The van der Waals surface area contributed by atoms with E-state index in [9.17, 15) is 19.5 Å². The number of benzene rings is 4. The molecule has 1 fully saturated rings. The number of anilines is 3. The van der Waals surface area contributed by atoms with Crippen LogP contribution in [-0.2, 0) is 39.4 Å². The highest BCUT2D eigenvalue weighted by Gasteiger charge is 2.67. The van der Waals surface area contributed by atoms with Gasteiger partial charge in [0, 0.05) is 40.5 Å². The van der Waals surface area contributed by atoms with Crippen LogP contribution in [-0.4, -0.2) is 62.0 Å². The summed E-state index contributed by atoms with van der Waals surface area (Å²) in [6.45, 7) is 5.35. The third kappa shape index (κ3) is 6.60. The van der Waals surface area contributed by atoms with Crippen molar-refractivity contribution in [1.82, 2.24) is 4.90 Å². The van der Waals surface area contributed by atoms with Crippen LogP contribution in [0, 0.1) is 5.92 Å². The number of amides is 3. The number of hydrogen-bond donors (Lipinski definition) is 3. The number of ether oxygens (including phenoxy) is 2. The first-order valence-corrected chi connectivity index (χ1v) is 20.9. The number of nitrogens with one attached hydrogen (secondary N) is 1. The monoisotopic (exact) mass is 736 g/mol. The zero-order chi connectivity index (χ0) is 37.7. The fraction of sp³-hybridized carbons (Fsp3) is 0.341. The van der Waals surface area contributed by atoms with E-state index in [1.54, 1.807) is 78.5 Å². The molecule has 1 spiro atoms. The number of nitrogen functional groups attached to an aromatic ring is 1. The molecule has 53 heavy (non-hydrogen) atoms. The number of hydrogen-bond acceptors (Lipinski definition) is 7. The Bertz CT molecular complexity index is 2050. The number of aliphatic hydroxyl groups excluding tert-OH is 1. The number of fused-ring (bicyclic) bond motifs is 3. The fourth-order valence-corrected chi connectivity index (χ4v) is 11.1. The molecular weight excluding hydrogens is 692 g/mol. The fourth-order valence-electron chi connectivity index (χ4n) is 8.61. The second kappa shape index (κ2) is 14.1. The van der Waals surface area contributed by atoms with Crippen molar-refractivity contribution >= 4 is 43.2 Å². The van der Waals surface area contributed by atoms with Crippen molar-refractivity contribution in [2.75, 3.05) is 29.7 Å². The van der Waals surface area contributed by atoms with Crippen LogP contribution in [0.15, 0.2) is 91.0 Å². The van der Waals surface area contributed by atoms with Gasteiger partial charge >= 0.3 is 0 Å². The Hall–Kier alpha value is -5.04. The first-order chi connectivity index (χ1) is 25.3. The van der Waals surface area contributed by atoms with E-state index in [4.69, 9.17) is 15.2 Å². The van der Waals surface area contributed by atoms with Crippen molar-refractivity contribution < 1.29 is 33.1 Å². The number of methoxy groups -OCH3 is 1. The second-order valence-corrected chi connectivity index (χ2v) is 18.7. The Kier molecular flexibility index (Phi) is 9.64. The van der Waals surface area contributed by atoms with Crippen LogP contribution in [0.5, 0.6) is 5.75 Å². The highest BCUT2D eigenvalue weighted by Crippen LogP contribution is 2.61. The van der Waals surface area contributed by atoms with E-state index in [1.165, 1.54) is 0 Å². The standard InChI is InChI=1S/C41H45FN4O6Si/c1-25-38(53(3,4)42)36(21-37(48)45-23-29-10-6-5-9-28(29)19-32(45)24-47)52-41(25)34-20-33(51-2)16-17-35(34)46(40(41)50)22-26-8-7-11-31(18-26)44-39(49)27-12-14-30(43)15-13-27/h5-18,20,25,32,36,38,47H,19,21-24,43H2,1-4H3,(H,44,49)/t25-,32-,36+,38-,41+/m0/s1. The maximum absolute atomic E-state index is 16.6. The smallest absolute Gasteiger partial charge is 0.264 e. The van der Waals surface area contributed by atoms with E-state index >= 15 is 4.11 Å². The highest BCUT2D eigenvalue weighted by molar-refractivity contribution is 6.72. The number of nitrogens with two attached hydrogens (primary N) is 1. The molecule has 10 nitrogen and oxygen atoms in total. The third-order valence-electron chi connectivity index (χ3n) is 11.1. The van der Waals surface area contributed by atoms with Crippen LogP contribution in [0.25, 0.3) is 0 Å². The Morgan fingerprint density at radius 1 is 1.04 bits per heavy atom. The number of carbonyl (C=O) groups is 3. The lowest BCUT2D eigenvalue weighted by Crippen LogP contribution is -2.48. The van der Waals surface area contributed by atoms with Crippen molar-refractivity contribution in [3.8, 4) is 5.75 Å². The summed E-state index contributed by atoms with van der Waals surface area (Å²) in [5, 5.41) is 13.2. The number of halogens is 1. The van der Waals surface area contributed by atoms with Crippen LogP contribution < -0.4 is 20.7 Å².